The summed E-state index contributed by atoms with van der Waals surface area (Å²) in [5.41, 5.74) is 2.93. The molecule has 0 aliphatic carbocycles. The van der Waals surface area contributed by atoms with Gasteiger partial charge in [0.05, 0.1) is 0 Å². The van der Waals surface area contributed by atoms with Crippen LogP contribution in [0.5, 0.6) is 0 Å². The van der Waals surface area contributed by atoms with E-state index in [9.17, 15) is 0 Å². The molecule has 2 aromatic rings. The molecule has 0 spiro atoms. The molecule has 0 radical (unpaired) electrons. The van der Waals surface area contributed by atoms with Crippen LogP contribution < -0.4 is 10.9 Å². The van der Waals surface area contributed by atoms with Crippen LogP contribution in [0.3, 0.4) is 0 Å². The molecule has 4 nitrogen and oxygen atoms in total. The Morgan fingerprint density at radius 1 is 0.591 bits per heavy atom. The molecule has 0 atom stereocenters. The van der Waals surface area contributed by atoms with Gasteiger partial charge in [0.2, 0.25) is 0 Å². The SMILES string of the molecule is C=Cc1ccc(B(O)O)cc1.C=Cc1ccc(B(O)O)cc1. The van der Waals surface area contributed by atoms with Gasteiger partial charge in [-0.3, -0.25) is 0 Å². The second kappa shape index (κ2) is 9.02. The van der Waals surface area contributed by atoms with Crippen molar-refractivity contribution in [2.24, 2.45) is 0 Å². The first-order valence-corrected chi connectivity index (χ1v) is 6.65. The van der Waals surface area contributed by atoms with Gasteiger partial charge in [0.1, 0.15) is 0 Å². The topological polar surface area (TPSA) is 80.9 Å². The summed E-state index contributed by atoms with van der Waals surface area (Å²) in [5, 5.41) is 34.9. The van der Waals surface area contributed by atoms with Crippen LogP contribution >= 0.6 is 0 Å². The van der Waals surface area contributed by atoms with Gasteiger partial charge in [-0.25, -0.2) is 0 Å². The van der Waals surface area contributed by atoms with Crippen molar-refractivity contribution in [2.75, 3.05) is 0 Å². The lowest BCUT2D eigenvalue weighted by Crippen LogP contribution is -2.29. The van der Waals surface area contributed by atoms with Gasteiger partial charge < -0.3 is 20.1 Å². The average Bonchev–Trinajstić information content (AvgIpc) is 2.55. The molecule has 0 aliphatic heterocycles. The monoisotopic (exact) mass is 296 g/mol. The minimum absolute atomic E-state index is 0.496. The Balaban J connectivity index is 0.000000220. The van der Waals surface area contributed by atoms with Crippen LogP contribution in [0, 0.1) is 0 Å². The molecule has 2 rings (SSSR count). The van der Waals surface area contributed by atoms with E-state index < -0.39 is 14.2 Å². The molecule has 112 valence electrons. The van der Waals surface area contributed by atoms with Crippen LogP contribution in [0.15, 0.2) is 61.7 Å². The molecule has 0 aliphatic rings. The summed E-state index contributed by atoms with van der Waals surface area (Å²) in [4.78, 5) is 0. The fourth-order valence-corrected chi connectivity index (χ4v) is 1.61. The van der Waals surface area contributed by atoms with E-state index in [2.05, 4.69) is 13.2 Å². The van der Waals surface area contributed by atoms with Crippen molar-refractivity contribution in [3.05, 3.63) is 72.8 Å². The van der Waals surface area contributed by atoms with Crippen LogP contribution in [-0.2, 0) is 0 Å². The van der Waals surface area contributed by atoms with Gasteiger partial charge in [-0.05, 0) is 22.1 Å². The lowest BCUT2D eigenvalue weighted by Gasteiger charge is -1.98. The highest BCUT2D eigenvalue weighted by Crippen LogP contribution is 1.98. The van der Waals surface area contributed by atoms with Crippen molar-refractivity contribution in [1.29, 1.82) is 0 Å². The van der Waals surface area contributed by atoms with E-state index in [0.717, 1.165) is 11.1 Å². The first-order chi connectivity index (χ1) is 10.5. The van der Waals surface area contributed by atoms with Gasteiger partial charge in [-0.2, -0.15) is 0 Å². The molecule has 2 aromatic carbocycles. The summed E-state index contributed by atoms with van der Waals surface area (Å²) in [6.07, 6.45) is 3.40. The van der Waals surface area contributed by atoms with Gasteiger partial charge >= 0.3 is 14.2 Å². The molecule has 0 amide bonds. The zero-order valence-corrected chi connectivity index (χ0v) is 12.1. The number of rotatable bonds is 4. The lowest BCUT2D eigenvalue weighted by atomic mass is 9.80. The Hall–Kier alpha value is -2.11. The number of hydrogen-bond donors (Lipinski definition) is 4. The molecule has 0 aromatic heterocycles. The average molecular weight is 296 g/mol. The molecule has 22 heavy (non-hydrogen) atoms. The predicted octanol–water partition coefficient (Wildman–Crippen LogP) is 0.0188. The normalized spacial score (nSPS) is 9.27. The van der Waals surface area contributed by atoms with Gasteiger partial charge in [0.25, 0.3) is 0 Å². The van der Waals surface area contributed by atoms with Gasteiger partial charge in [-0.1, -0.05) is 73.8 Å². The summed E-state index contributed by atoms with van der Waals surface area (Å²) in [5.74, 6) is 0. The Bertz CT molecular complexity index is 537. The summed E-state index contributed by atoms with van der Waals surface area (Å²) in [6, 6.07) is 13.7. The predicted molar refractivity (Wildman–Crippen MR) is 92.7 cm³/mol. The molecule has 0 heterocycles. The quantitative estimate of drug-likeness (QED) is 0.600. The van der Waals surface area contributed by atoms with E-state index in [1.807, 2.05) is 0 Å². The molecule has 0 fully saturated rings. The number of benzene rings is 2. The summed E-state index contributed by atoms with van der Waals surface area (Å²) in [6.45, 7) is 7.16. The molecule has 0 saturated heterocycles. The Morgan fingerprint density at radius 2 is 0.864 bits per heavy atom. The highest BCUT2D eigenvalue weighted by molar-refractivity contribution is 6.58. The van der Waals surface area contributed by atoms with Crippen molar-refractivity contribution >= 4 is 37.3 Å². The summed E-state index contributed by atoms with van der Waals surface area (Å²) < 4.78 is 0. The van der Waals surface area contributed by atoms with E-state index in [0.29, 0.717) is 10.9 Å². The van der Waals surface area contributed by atoms with E-state index in [1.165, 1.54) is 0 Å². The van der Waals surface area contributed by atoms with Crippen molar-refractivity contribution in [1.82, 2.24) is 0 Å². The van der Waals surface area contributed by atoms with Gasteiger partial charge in [0.15, 0.2) is 0 Å². The molecular formula is C16H18B2O4. The third kappa shape index (κ3) is 5.71. The minimum atomic E-state index is -1.38. The third-order valence-electron chi connectivity index (χ3n) is 2.94. The zero-order chi connectivity index (χ0) is 16.5. The molecule has 0 bridgehead atoms. The maximum Gasteiger partial charge on any atom is 0.488 e. The van der Waals surface area contributed by atoms with Crippen LogP contribution in [0.2, 0.25) is 0 Å². The first-order valence-electron chi connectivity index (χ1n) is 6.65. The zero-order valence-electron chi connectivity index (χ0n) is 12.1. The van der Waals surface area contributed by atoms with E-state index in [-0.39, 0.29) is 0 Å². The lowest BCUT2D eigenvalue weighted by molar-refractivity contribution is 0.424. The fraction of sp³-hybridized carbons (Fsp3) is 0. The van der Waals surface area contributed by atoms with Crippen molar-refractivity contribution < 1.29 is 20.1 Å². The molecular weight excluding hydrogens is 278 g/mol. The fourth-order valence-electron chi connectivity index (χ4n) is 1.61. The Morgan fingerprint density at radius 3 is 1.05 bits per heavy atom. The maximum absolute atomic E-state index is 8.72. The van der Waals surface area contributed by atoms with E-state index >= 15 is 0 Å². The van der Waals surface area contributed by atoms with Crippen molar-refractivity contribution in [3.63, 3.8) is 0 Å². The highest BCUT2D eigenvalue weighted by Gasteiger charge is 2.09. The third-order valence-corrected chi connectivity index (χ3v) is 2.94. The van der Waals surface area contributed by atoms with Crippen LogP contribution in [0.4, 0.5) is 0 Å². The van der Waals surface area contributed by atoms with E-state index in [4.69, 9.17) is 20.1 Å². The van der Waals surface area contributed by atoms with Crippen molar-refractivity contribution in [3.8, 4) is 0 Å². The largest absolute Gasteiger partial charge is 0.488 e. The summed E-state index contributed by atoms with van der Waals surface area (Å²) in [7, 11) is -2.76. The molecule has 0 saturated carbocycles. The van der Waals surface area contributed by atoms with Gasteiger partial charge in [-0.15, -0.1) is 0 Å². The van der Waals surface area contributed by atoms with E-state index in [1.54, 1.807) is 60.7 Å². The second-order valence-corrected chi connectivity index (χ2v) is 4.49. The smallest absolute Gasteiger partial charge is 0.423 e. The molecule has 6 heteroatoms. The molecule has 4 N–H and O–H groups in total. The maximum atomic E-state index is 8.72. The Kier molecular flexibility index (Phi) is 7.36. The number of hydrogen-bond acceptors (Lipinski definition) is 4. The minimum Gasteiger partial charge on any atom is -0.423 e. The first kappa shape index (κ1) is 17.9. The Labute approximate surface area is 131 Å². The van der Waals surface area contributed by atoms with Gasteiger partial charge in [0, 0.05) is 0 Å². The second-order valence-electron chi connectivity index (χ2n) is 4.49. The van der Waals surface area contributed by atoms with Crippen LogP contribution in [-0.4, -0.2) is 34.3 Å². The van der Waals surface area contributed by atoms with Crippen LogP contribution in [0.25, 0.3) is 12.2 Å². The van der Waals surface area contributed by atoms with Crippen LogP contribution in [0.1, 0.15) is 11.1 Å². The summed E-state index contributed by atoms with van der Waals surface area (Å²) >= 11 is 0. The van der Waals surface area contributed by atoms with Crippen molar-refractivity contribution in [2.45, 2.75) is 0 Å². The molecule has 0 unspecified atom stereocenters. The highest BCUT2D eigenvalue weighted by atomic mass is 16.4. The standard InChI is InChI=1S/2C8H9BO2/c2*1-2-7-3-5-8(6-4-7)9(10)11/h2*2-6,10-11H,1H2.